The molecule has 15 heteroatoms. The number of carboxylic acid groups (broad SMARTS) is 1. The molecule has 0 spiro atoms. The Morgan fingerprint density at radius 1 is 0.651 bits per heavy atom. The number of halogens is 2. The van der Waals surface area contributed by atoms with Crippen LogP contribution in [0.2, 0.25) is 0 Å². The molecule has 2 unspecified atom stereocenters. The molecule has 1 heterocycles. The van der Waals surface area contributed by atoms with E-state index in [0.29, 0.717) is 19.4 Å². The lowest BCUT2D eigenvalue weighted by molar-refractivity contribution is -0.216. The highest BCUT2D eigenvalue weighted by atomic mass is 31.2. The summed E-state index contributed by atoms with van der Waals surface area (Å²) < 4.78 is 71.7. The number of carboxylic acids is 1. The summed E-state index contributed by atoms with van der Waals surface area (Å²) in [6, 6.07) is -1.78. The molecule has 1 rings (SSSR count). The molecule has 1 fully saturated rings. The van der Waals surface area contributed by atoms with Gasteiger partial charge in [0.25, 0.3) is 5.91 Å². The standard InChI is InChI=1S/C48H92F2NO11P/c1-5-8-11-14-17-20-23-26-29-32-36-48(49,50)47(54)51-42-44(43(62-63(55,56)57)41(39-58-4)61-45(42)46(52)53)60-38-35-40(34-31-28-25-22-19-16-13-10-7-3)59-37-33-30-27-24-21-18-15-12-9-6-2/h40-45H,5-39H2,1-4H3,(H,51,54)(H,52,53)(H2,55,56,57)/t40?,41-,42-,43-,44-,45?/m1/s1. The van der Waals surface area contributed by atoms with Gasteiger partial charge in [0.15, 0.2) is 6.10 Å². The number of hydrogen-bond acceptors (Lipinski definition) is 8. The molecule has 6 atom stereocenters. The van der Waals surface area contributed by atoms with E-state index in [1.54, 1.807) is 0 Å². The zero-order valence-corrected chi connectivity index (χ0v) is 40.9. The number of methoxy groups -OCH3 is 1. The Labute approximate surface area is 381 Å². The van der Waals surface area contributed by atoms with Crippen molar-refractivity contribution in [2.45, 2.75) is 269 Å². The number of amides is 1. The highest BCUT2D eigenvalue weighted by Crippen LogP contribution is 2.42. The van der Waals surface area contributed by atoms with E-state index >= 15 is 8.78 Å². The highest BCUT2D eigenvalue weighted by molar-refractivity contribution is 7.46. The van der Waals surface area contributed by atoms with Gasteiger partial charge in [0.2, 0.25) is 0 Å². The molecule has 12 nitrogen and oxygen atoms in total. The fourth-order valence-electron chi connectivity index (χ4n) is 8.47. The highest BCUT2D eigenvalue weighted by Gasteiger charge is 2.54. The van der Waals surface area contributed by atoms with E-state index < -0.39 is 62.5 Å². The summed E-state index contributed by atoms with van der Waals surface area (Å²) in [4.78, 5) is 45.7. The van der Waals surface area contributed by atoms with Crippen LogP contribution in [0.15, 0.2) is 0 Å². The number of aliphatic carboxylic acids is 1. The van der Waals surface area contributed by atoms with Crippen LogP contribution >= 0.6 is 7.82 Å². The number of carbonyl (C=O) groups is 2. The summed E-state index contributed by atoms with van der Waals surface area (Å²) in [6.45, 7) is 6.72. The zero-order valence-electron chi connectivity index (χ0n) is 40.0. The van der Waals surface area contributed by atoms with Gasteiger partial charge in [-0.2, -0.15) is 8.78 Å². The smallest absolute Gasteiger partial charge is 0.470 e. The van der Waals surface area contributed by atoms with E-state index in [9.17, 15) is 29.0 Å². The number of nitrogens with one attached hydrogen (secondary N) is 1. The third kappa shape index (κ3) is 29.9. The minimum Gasteiger partial charge on any atom is -0.479 e. The third-order valence-corrected chi connectivity index (χ3v) is 12.7. The van der Waals surface area contributed by atoms with Crippen molar-refractivity contribution in [3.63, 3.8) is 0 Å². The Morgan fingerprint density at radius 3 is 1.54 bits per heavy atom. The molecule has 0 aromatic carbocycles. The molecule has 1 amide bonds. The zero-order chi connectivity index (χ0) is 46.6. The van der Waals surface area contributed by atoms with E-state index in [0.717, 1.165) is 70.6 Å². The van der Waals surface area contributed by atoms with Gasteiger partial charge < -0.3 is 39.2 Å². The van der Waals surface area contributed by atoms with Gasteiger partial charge in [0, 0.05) is 26.7 Å². The second-order valence-corrected chi connectivity index (χ2v) is 19.2. The van der Waals surface area contributed by atoms with Gasteiger partial charge in [0.05, 0.1) is 18.8 Å². The van der Waals surface area contributed by atoms with Gasteiger partial charge in [-0.05, 0) is 25.7 Å². The van der Waals surface area contributed by atoms with E-state index in [4.69, 9.17) is 23.5 Å². The summed E-state index contributed by atoms with van der Waals surface area (Å²) in [5, 5.41) is 12.4. The van der Waals surface area contributed by atoms with Crippen LogP contribution in [0.1, 0.15) is 226 Å². The van der Waals surface area contributed by atoms with Crippen LogP contribution in [0.25, 0.3) is 0 Å². The van der Waals surface area contributed by atoms with Crippen LogP contribution in [0, 0.1) is 0 Å². The van der Waals surface area contributed by atoms with Gasteiger partial charge >= 0.3 is 19.7 Å². The molecule has 4 N–H and O–H groups in total. The Hall–Kier alpha value is -1.25. The fraction of sp³-hybridized carbons (Fsp3) is 0.958. The van der Waals surface area contributed by atoms with Crippen LogP contribution in [0.5, 0.6) is 0 Å². The summed E-state index contributed by atoms with van der Waals surface area (Å²) in [5.41, 5.74) is 0. The normalized spacial score (nSPS) is 20.0. The molecule has 0 aliphatic carbocycles. The Bertz CT molecular complexity index is 1170. The molecule has 1 aliphatic rings. The largest absolute Gasteiger partial charge is 0.479 e. The molecule has 63 heavy (non-hydrogen) atoms. The number of ether oxygens (including phenoxy) is 4. The van der Waals surface area contributed by atoms with Crippen LogP contribution in [-0.2, 0) is 37.6 Å². The van der Waals surface area contributed by atoms with Crippen LogP contribution < -0.4 is 5.32 Å². The molecule has 0 bridgehead atoms. The average molecular weight is 928 g/mol. The average Bonchev–Trinajstić information content (AvgIpc) is 3.23. The number of phosphoric ester groups is 1. The van der Waals surface area contributed by atoms with E-state index in [1.807, 2.05) is 0 Å². The number of carbonyl (C=O) groups excluding carboxylic acids is 1. The second kappa shape index (κ2) is 37.8. The number of rotatable bonds is 44. The molecule has 0 saturated carbocycles. The van der Waals surface area contributed by atoms with Gasteiger partial charge in [-0.15, -0.1) is 0 Å². The van der Waals surface area contributed by atoms with Gasteiger partial charge in [-0.1, -0.05) is 194 Å². The maximum atomic E-state index is 15.4. The lowest BCUT2D eigenvalue weighted by Crippen LogP contribution is -2.68. The van der Waals surface area contributed by atoms with Crippen molar-refractivity contribution in [2.24, 2.45) is 0 Å². The minimum atomic E-state index is -5.27. The summed E-state index contributed by atoms with van der Waals surface area (Å²) in [5.74, 6) is -7.14. The molecule has 0 aromatic heterocycles. The van der Waals surface area contributed by atoms with Crippen LogP contribution in [0.4, 0.5) is 8.78 Å². The molecule has 374 valence electrons. The van der Waals surface area contributed by atoms with Gasteiger partial charge in [-0.25, -0.2) is 9.36 Å². The van der Waals surface area contributed by atoms with Crippen molar-refractivity contribution in [1.82, 2.24) is 5.32 Å². The van der Waals surface area contributed by atoms with Crippen molar-refractivity contribution >= 4 is 19.7 Å². The van der Waals surface area contributed by atoms with Crippen molar-refractivity contribution < 1.29 is 61.3 Å². The second-order valence-electron chi connectivity index (χ2n) is 18.0. The quantitative estimate of drug-likeness (QED) is 0.0339. The molecule has 1 aliphatic heterocycles. The predicted molar refractivity (Wildman–Crippen MR) is 246 cm³/mol. The van der Waals surface area contributed by atoms with Crippen molar-refractivity contribution in [3.8, 4) is 0 Å². The molecule has 0 radical (unpaired) electrons. The maximum absolute atomic E-state index is 15.4. The van der Waals surface area contributed by atoms with Gasteiger partial charge in [0.1, 0.15) is 18.3 Å². The Balaban J connectivity index is 3.06. The van der Waals surface area contributed by atoms with Crippen molar-refractivity contribution in [1.29, 1.82) is 0 Å². The first-order chi connectivity index (χ1) is 30.3. The maximum Gasteiger partial charge on any atom is 0.470 e. The van der Waals surface area contributed by atoms with Crippen LogP contribution in [0.3, 0.4) is 0 Å². The predicted octanol–water partition coefficient (Wildman–Crippen LogP) is 12.4. The van der Waals surface area contributed by atoms with E-state index in [1.165, 1.54) is 116 Å². The van der Waals surface area contributed by atoms with E-state index in [-0.39, 0.29) is 25.7 Å². The molecular weight excluding hydrogens is 835 g/mol. The number of unbranched alkanes of at least 4 members (excludes halogenated alkanes) is 26. The summed E-state index contributed by atoms with van der Waals surface area (Å²) >= 11 is 0. The lowest BCUT2D eigenvalue weighted by Gasteiger charge is -2.45. The fourth-order valence-corrected chi connectivity index (χ4v) is 9.04. The number of hydrogen-bond donors (Lipinski definition) is 4. The third-order valence-electron chi connectivity index (χ3n) is 12.2. The van der Waals surface area contributed by atoms with Crippen LogP contribution in [-0.4, -0.2) is 96.2 Å². The Kier molecular flexibility index (Phi) is 35.9. The minimum absolute atomic E-state index is 0.0841. The first-order valence-electron chi connectivity index (χ1n) is 25.3. The number of phosphoric acid groups is 1. The topological polar surface area (TPSA) is 170 Å². The molecule has 0 aromatic rings. The van der Waals surface area contributed by atoms with Gasteiger partial charge in [-0.3, -0.25) is 9.32 Å². The lowest BCUT2D eigenvalue weighted by atomic mass is 9.91. The first kappa shape index (κ1) is 59.8. The van der Waals surface area contributed by atoms with Crippen molar-refractivity contribution in [3.05, 3.63) is 0 Å². The Morgan fingerprint density at radius 2 is 1.10 bits per heavy atom. The number of alkyl halides is 2. The van der Waals surface area contributed by atoms with E-state index in [2.05, 4.69) is 26.1 Å². The SMILES string of the molecule is CCCCCCCCCCCCOC(CCCCCCCCCCC)CCO[C@H]1[C@H](OP(=O)(O)O)[C@@H](COC)OC(C(=O)O)[C@@H]1NC(=O)C(F)(F)CCCCCCCCCCCC. The monoisotopic (exact) mass is 928 g/mol. The molecular formula is C48H92F2NO11P. The first-order valence-corrected chi connectivity index (χ1v) is 26.9. The van der Waals surface area contributed by atoms with Crippen molar-refractivity contribution in [2.75, 3.05) is 26.9 Å². The summed E-state index contributed by atoms with van der Waals surface area (Å²) in [7, 11) is -3.99. The molecule has 1 saturated heterocycles. The summed E-state index contributed by atoms with van der Waals surface area (Å²) in [6.07, 6.45) is 25.3.